The van der Waals surface area contributed by atoms with E-state index >= 15 is 0 Å². The molecule has 16 heavy (non-hydrogen) atoms. The highest BCUT2D eigenvalue weighted by Gasteiger charge is 2.10. The van der Waals surface area contributed by atoms with Gasteiger partial charge in [-0.3, -0.25) is 9.58 Å². The van der Waals surface area contributed by atoms with E-state index in [1.54, 1.807) is 0 Å². The molecule has 0 spiro atoms. The SMILES string of the molecule is CC(C)c1ccn(CCN2CCOCC2)n1. The van der Waals surface area contributed by atoms with Crippen molar-refractivity contribution in [2.75, 3.05) is 32.8 Å². The number of ether oxygens (including phenoxy) is 1. The third-order valence-electron chi connectivity index (χ3n) is 3.00. The van der Waals surface area contributed by atoms with Gasteiger partial charge in [0.25, 0.3) is 0 Å². The summed E-state index contributed by atoms with van der Waals surface area (Å²) in [7, 11) is 0. The number of hydrogen-bond acceptors (Lipinski definition) is 3. The van der Waals surface area contributed by atoms with E-state index in [-0.39, 0.29) is 0 Å². The zero-order valence-electron chi connectivity index (χ0n) is 10.2. The summed E-state index contributed by atoms with van der Waals surface area (Å²) < 4.78 is 7.37. The lowest BCUT2D eigenvalue weighted by Gasteiger charge is -2.26. The molecule has 0 saturated carbocycles. The lowest BCUT2D eigenvalue weighted by molar-refractivity contribution is 0.0359. The third kappa shape index (κ3) is 3.06. The van der Waals surface area contributed by atoms with Crippen LogP contribution in [-0.2, 0) is 11.3 Å². The van der Waals surface area contributed by atoms with Crippen LogP contribution in [-0.4, -0.2) is 47.5 Å². The van der Waals surface area contributed by atoms with E-state index in [2.05, 4.69) is 36.1 Å². The third-order valence-corrected chi connectivity index (χ3v) is 3.00. The van der Waals surface area contributed by atoms with Crippen LogP contribution in [0.1, 0.15) is 25.5 Å². The zero-order chi connectivity index (χ0) is 11.4. The minimum absolute atomic E-state index is 0.518. The molecule has 1 aliphatic heterocycles. The molecule has 1 aliphatic rings. The standard InChI is InChI=1S/C12H21N3O/c1-11(2)12-3-4-15(13-12)6-5-14-7-9-16-10-8-14/h3-4,11H,5-10H2,1-2H3. The van der Waals surface area contributed by atoms with Crippen LogP contribution in [0.5, 0.6) is 0 Å². The Kier molecular flexibility index (Phi) is 3.96. The molecule has 90 valence electrons. The lowest BCUT2D eigenvalue weighted by Crippen LogP contribution is -2.38. The highest BCUT2D eigenvalue weighted by molar-refractivity contribution is 5.03. The predicted molar refractivity (Wildman–Crippen MR) is 63.6 cm³/mol. The summed E-state index contributed by atoms with van der Waals surface area (Å²) in [6.07, 6.45) is 2.08. The molecule has 0 aromatic carbocycles. The summed E-state index contributed by atoms with van der Waals surface area (Å²) in [5.41, 5.74) is 1.18. The highest BCUT2D eigenvalue weighted by Crippen LogP contribution is 2.10. The second-order valence-electron chi connectivity index (χ2n) is 4.61. The highest BCUT2D eigenvalue weighted by atomic mass is 16.5. The largest absolute Gasteiger partial charge is 0.379 e. The van der Waals surface area contributed by atoms with Crippen molar-refractivity contribution < 1.29 is 4.74 Å². The smallest absolute Gasteiger partial charge is 0.0649 e. The predicted octanol–water partition coefficient (Wildman–Crippen LogP) is 1.34. The molecule has 0 radical (unpaired) electrons. The Morgan fingerprint density at radius 1 is 1.31 bits per heavy atom. The molecular weight excluding hydrogens is 202 g/mol. The second kappa shape index (κ2) is 5.46. The number of aromatic nitrogens is 2. The first-order chi connectivity index (χ1) is 7.75. The van der Waals surface area contributed by atoms with Gasteiger partial charge in [0.2, 0.25) is 0 Å². The fourth-order valence-electron chi connectivity index (χ4n) is 1.88. The van der Waals surface area contributed by atoms with Crippen molar-refractivity contribution in [3.05, 3.63) is 18.0 Å². The summed E-state index contributed by atoms with van der Waals surface area (Å²) in [6, 6.07) is 2.12. The summed E-state index contributed by atoms with van der Waals surface area (Å²) in [6.45, 7) is 10.3. The van der Waals surface area contributed by atoms with Gasteiger partial charge in [-0.15, -0.1) is 0 Å². The first-order valence-corrected chi connectivity index (χ1v) is 6.09. The number of rotatable bonds is 4. The van der Waals surface area contributed by atoms with Gasteiger partial charge in [-0.05, 0) is 12.0 Å². The van der Waals surface area contributed by atoms with E-state index in [1.165, 1.54) is 5.69 Å². The van der Waals surface area contributed by atoms with Crippen molar-refractivity contribution in [1.82, 2.24) is 14.7 Å². The van der Waals surface area contributed by atoms with Crippen molar-refractivity contribution >= 4 is 0 Å². The van der Waals surface area contributed by atoms with E-state index < -0.39 is 0 Å². The first-order valence-electron chi connectivity index (χ1n) is 6.09. The minimum Gasteiger partial charge on any atom is -0.379 e. The molecule has 0 amide bonds. The molecule has 1 aromatic rings. The van der Waals surface area contributed by atoms with E-state index in [9.17, 15) is 0 Å². The minimum atomic E-state index is 0.518. The van der Waals surface area contributed by atoms with Gasteiger partial charge in [0.15, 0.2) is 0 Å². The van der Waals surface area contributed by atoms with Crippen LogP contribution in [0.4, 0.5) is 0 Å². The molecule has 0 N–H and O–H groups in total. The molecule has 0 aliphatic carbocycles. The van der Waals surface area contributed by atoms with Crippen LogP contribution in [0.3, 0.4) is 0 Å². The van der Waals surface area contributed by atoms with Crippen molar-refractivity contribution in [3.8, 4) is 0 Å². The molecular formula is C12H21N3O. The Balaban J connectivity index is 1.79. The van der Waals surface area contributed by atoms with Crippen molar-refractivity contribution in [2.24, 2.45) is 0 Å². The molecule has 4 heteroatoms. The van der Waals surface area contributed by atoms with Gasteiger partial charge in [-0.1, -0.05) is 13.8 Å². The number of hydrogen-bond donors (Lipinski definition) is 0. The molecule has 1 aromatic heterocycles. The normalized spacial score (nSPS) is 18.2. The number of morpholine rings is 1. The molecule has 0 atom stereocenters. The Hall–Kier alpha value is -0.870. The monoisotopic (exact) mass is 223 g/mol. The first kappa shape index (κ1) is 11.6. The summed E-state index contributed by atoms with van der Waals surface area (Å²) in [5, 5.41) is 4.55. The summed E-state index contributed by atoms with van der Waals surface area (Å²) in [4.78, 5) is 2.43. The maximum Gasteiger partial charge on any atom is 0.0649 e. The summed E-state index contributed by atoms with van der Waals surface area (Å²) >= 11 is 0. The van der Waals surface area contributed by atoms with E-state index in [1.807, 2.05) is 4.68 Å². The maximum absolute atomic E-state index is 5.32. The van der Waals surface area contributed by atoms with Gasteiger partial charge in [0, 0.05) is 25.8 Å². The molecule has 1 saturated heterocycles. The van der Waals surface area contributed by atoms with Crippen LogP contribution in [0, 0.1) is 0 Å². The summed E-state index contributed by atoms with van der Waals surface area (Å²) in [5.74, 6) is 0.518. The van der Waals surface area contributed by atoms with Gasteiger partial charge in [0.1, 0.15) is 0 Å². The van der Waals surface area contributed by atoms with Crippen LogP contribution in [0.2, 0.25) is 0 Å². The lowest BCUT2D eigenvalue weighted by atomic mass is 10.1. The molecule has 0 unspecified atom stereocenters. The van der Waals surface area contributed by atoms with E-state index in [0.717, 1.165) is 39.4 Å². The van der Waals surface area contributed by atoms with Crippen LogP contribution in [0.15, 0.2) is 12.3 Å². The Morgan fingerprint density at radius 3 is 2.69 bits per heavy atom. The fourth-order valence-corrected chi connectivity index (χ4v) is 1.88. The van der Waals surface area contributed by atoms with Gasteiger partial charge in [-0.25, -0.2) is 0 Å². The number of nitrogens with zero attached hydrogens (tertiary/aromatic N) is 3. The Morgan fingerprint density at radius 2 is 2.06 bits per heavy atom. The molecule has 2 heterocycles. The quantitative estimate of drug-likeness (QED) is 0.771. The van der Waals surface area contributed by atoms with Crippen LogP contribution in [0.25, 0.3) is 0 Å². The van der Waals surface area contributed by atoms with Crippen molar-refractivity contribution in [3.63, 3.8) is 0 Å². The van der Waals surface area contributed by atoms with Crippen molar-refractivity contribution in [1.29, 1.82) is 0 Å². The average molecular weight is 223 g/mol. The van der Waals surface area contributed by atoms with Gasteiger partial charge in [0.05, 0.1) is 25.5 Å². The fraction of sp³-hybridized carbons (Fsp3) is 0.750. The van der Waals surface area contributed by atoms with Crippen LogP contribution >= 0.6 is 0 Å². The Bertz CT molecular complexity index is 316. The maximum atomic E-state index is 5.32. The van der Waals surface area contributed by atoms with Gasteiger partial charge >= 0.3 is 0 Å². The molecule has 2 rings (SSSR count). The molecule has 4 nitrogen and oxygen atoms in total. The van der Waals surface area contributed by atoms with Crippen molar-refractivity contribution in [2.45, 2.75) is 26.3 Å². The zero-order valence-corrected chi connectivity index (χ0v) is 10.2. The van der Waals surface area contributed by atoms with E-state index in [4.69, 9.17) is 4.74 Å². The average Bonchev–Trinajstić information content (AvgIpc) is 2.76. The Labute approximate surface area is 97.2 Å². The topological polar surface area (TPSA) is 30.3 Å². The second-order valence-corrected chi connectivity index (χ2v) is 4.61. The van der Waals surface area contributed by atoms with Gasteiger partial charge in [-0.2, -0.15) is 5.10 Å². The molecule has 0 bridgehead atoms. The van der Waals surface area contributed by atoms with Crippen LogP contribution < -0.4 is 0 Å². The van der Waals surface area contributed by atoms with E-state index in [0.29, 0.717) is 5.92 Å². The molecule has 1 fully saturated rings. The van der Waals surface area contributed by atoms with Gasteiger partial charge < -0.3 is 4.74 Å².